The zero-order valence-corrected chi connectivity index (χ0v) is 24.9. The van der Waals surface area contributed by atoms with Gasteiger partial charge in [0.25, 0.3) is 10.0 Å². The molecule has 39 heavy (non-hydrogen) atoms. The summed E-state index contributed by atoms with van der Waals surface area (Å²) in [5.41, 5.74) is 1.79. The summed E-state index contributed by atoms with van der Waals surface area (Å²) in [6, 6.07) is 16.4. The molecule has 0 aliphatic carbocycles. The summed E-state index contributed by atoms with van der Waals surface area (Å²) in [4.78, 5) is 28.1. The molecule has 208 valence electrons. The van der Waals surface area contributed by atoms with Gasteiger partial charge in [-0.25, -0.2) is 8.42 Å². The normalized spacial score (nSPS) is 12.1. The number of nitrogens with one attached hydrogen (secondary N) is 1. The van der Waals surface area contributed by atoms with Gasteiger partial charge in [-0.3, -0.25) is 13.9 Å². The van der Waals surface area contributed by atoms with Crippen molar-refractivity contribution in [2.75, 3.05) is 17.4 Å². The summed E-state index contributed by atoms with van der Waals surface area (Å²) in [6.07, 6.45) is 0.718. The second-order valence-corrected chi connectivity index (χ2v) is 12.2. The van der Waals surface area contributed by atoms with Crippen molar-refractivity contribution in [3.05, 3.63) is 92.9 Å². The Balaban J connectivity index is 2.03. The van der Waals surface area contributed by atoms with E-state index in [2.05, 4.69) is 5.32 Å². The molecule has 7 nitrogen and oxygen atoms in total. The maximum atomic E-state index is 13.9. The Kier molecular flexibility index (Phi) is 10.7. The third kappa shape index (κ3) is 7.88. The van der Waals surface area contributed by atoms with Crippen LogP contribution in [-0.2, 0) is 26.2 Å². The fraction of sp³-hybridized carbons (Fsp3) is 0.286. The maximum Gasteiger partial charge on any atom is 0.264 e. The lowest BCUT2D eigenvalue weighted by molar-refractivity contribution is -0.139. The highest BCUT2D eigenvalue weighted by molar-refractivity contribution is 7.92. The second kappa shape index (κ2) is 13.5. The molecule has 0 radical (unpaired) electrons. The molecule has 2 amide bonds. The highest BCUT2D eigenvalue weighted by atomic mass is 35.5. The van der Waals surface area contributed by atoms with Crippen LogP contribution in [0, 0.1) is 6.92 Å². The lowest BCUT2D eigenvalue weighted by Crippen LogP contribution is -2.51. The van der Waals surface area contributed by atoms with Gasteiger partial charge in [0, 0.05) is 28.2 Å². The minimum Gasteiger partial charge on any atom is -0.354 e. The average molecular weight is 611 g/mol. The first-order chi connectivity index (χ1) is 18.4. The van der Waals surface area contributed by atoms with E-state index < -0.39 is 28.5 Å². The Hall–Kier alpha value is -2.78. The second-order valence-electron chi connectivity index (χ2n) is 9.03. The number of aryl methyl sites for hydroxylation is 1. The molecule has 0 aliphatic rings. The summed E-state index contributed by atoms with van der Waals surface area (Å²) >= 11 is 18.4. The van der Waals surface area contributed by atoms with E-state index in [0.29, 0.717) is 32.9 Å². The SMILES string of the molecule is CCCNC(=O)[C@H](C)N(Cc1ccc(Cl)cc1Cl)C(=O)CN(c1ccc(C)cc1)S(=O)(=O)c1ccc(Cl)cc1. The van der Waals surface area contributed by atoms with Crippen molar-refractivity contribution in [1.29, 1.82) is 0 Å². The number of carbonyl (C=O) groups is 2. The summed E-state index contributed by atoms with van der Waals surface area (Å²) in [5.74, 6) is -0.948. The molecule has 1 N–H and O–H groups in total. The van der Waals surface area contributed by atoms with E-state index in [1.165, 1.54) is 29.2 Å². The van der Waals surface area contributed by atoms with Crippen LogP contribution in [0.15, 0.2) is 71.6 Å². The van der Waals surface area contributed by atoms with Gasteiger partial charge in [-0.15, -0.1) is 0 Å². The number of anilines is 1. The van der Waals surface area contributed by atoms with E-state index >= 15 is 0 Å². The molecule has 3 aromatic rings. The third-order valence-electron chi connectivity index (χ3n) is 6.07. The number of halogens is 3. The summed E-state index contributed by atoms with van der Waals surface area (Å²) in [7, 11) is -4.18. The molecule has 3 aromatic carbocycles. The minimum absolute atomic E-state index is 0.0266. The molecule has 0 spiro atoms. The number of rotatable bonds is 11. The zero-order chi connectivity index (χ0) is 28.7. The Labute approximate surface area is 244 Å². The number of carbonyl (C=O) groups excluding carboxylic acids is 2. The molecule has 0 unspecified atom stereocenters. The van der Waals surface area contributed by atoms with Gasteiger partial charge >= 0.3 is 0 Å². The highest BCUT2D eigenvalue weighted by Crippen LogP contribution is 2.27. The van der Waals surface area contributed by atoms with Crippen molar-refractivity contribution in [2.24, 2.45) is 0 Å². The largest absolute Gasteiger partial charge is 0.354 e. The first-order valence-electron chi connectivity index (χ1n) is 12.3. The fourth-order valence-corrected chi connectivity index (χ4v) is 5.79. The van der Waals surface area contributed by atoms with Gasteiger partial charge in [0.15, 0.2) is 0 Å². The third-order valence-corrected chi connectivity index (χ3v) is 8.70. The Morgan fingerprint density at radius 3 is 2.13 bits per heavy atom. The smallest absolute Gasteiger partial charge is 0.264 e. The number of nitrogens with zero attached hydrogens (tertiary/aromatic N) is 2. The van der Waals surface area contributed by atoms with Crippen LogP contribution >= 0.6 is 34.8 Å². The van der Waals surface area contributed by atoms with E-state index in [1.807, 2.05) is 13.8 Å². The van der Waals surface area contributed by atoms with Crippen LogP contribution in [0.25, 0.3) is 0 Å². The van der Waals surface area contributed by atoms with Gasteiger partial charge in [0.2, 0.25) is 11.8 Å². The maximum absolute atomic E-state index is 13.9. The van der Waals surface area contributed by atoms with Crippen LogP contribution in [0.1, 0.15) is 31.4 Å². The summed E-state index contributed by atoms with van der Waals surface area (Å²) in [6.45, 7) is 5.25. The molecule has 0 aromatic heterocycles. The van der Waals surface area contributed by atoms with Gasteiger partial charge in [0.1, 0.15) is 12.6 Å². The van der Waals surface area contributed by atoms with Crippen molar-refractivity contribution in [3.63, 3.8) is 0 Å². The van der Waals surface area contributed by atoms with Gasteiger partial charge in [-0.2, -0.15) is 0 Å². The Bertz CT molecular complexity index is 1410. The van der Waals surface area contributed by atoms with E-state index in [0.717, 1.165) is 16.3 Å². The Morgan fingerprint density at radius 1 is 0.923 bits per heavy atom. The van der Waals surface area contributed by atoms with Crippen LogP contribution in [0.3, 0.4) is 0 Å². The fourth-order valence-electron chi connectivity index (χ4n) is 3.79. The topological polar surface area (TPSA) is 86.8 Å². The lowest BCUT2D eigenvalue weighted by atomic mass is 10.1. The molecule has 1 atom stereocenters. The van der Waals surface area contributed by atoms with Crippen molar-refractivity contribution in [3.8, 4) is 0 Å². The lowest BCUT2D eigenvalue weighted by Gasteiger charge is -2.32. The first-order valence-corrected chi connectivity index (χ1v) is 14.9. The number of benzene rings is 3. The molecule has 0 aliphatic heterocycles. The predicted octanol–water partition coefficient (Wildman–Crippen LogP) is 6.09. The average Bonchev–Trinajstić information content (AvgIpc) is 2.90. The number of hydrogen-bond donors (Lipinski definition) is 1. The van der Waals surface area contributed by atoms with Crippen LogP contribution < -0.4 is 9.62 Å². The van der Waals surface area contributed by atoms with Gasteiger partial charge in [0.05, 0.1) is 10.6 Å². The summed E-state index contributed by atoms with van der Waals surface area (Å²) in [5, 5.41) is 3.93. The molecule has 0 heterocycles. The Morgan fingerprint density at radius 2 is 1.54 bits per heavy atom. The van der Waals surface area contributed by atoms with Gasteiger partial charge in [-0.05, 0) is 74.4 Å². The van der Waals surface area contributed by atoms with E-state index in [9.17, 15) is 18.0 Å². The van der Waals surface area contributed by atoms with Crippen LogP contribution in [0.2, 0.25) is 15.1 Å². The first kappa shape index (κ1) is 30.8. The van der Waals surface area contributed by atoms with Crippen LogP contribution in [0.4, 0.5) is 5.69 Å². The molecule has 11 heteroatoms. The van der Waals surface area contributed by atoms with Crippen molar-refractivity contribution >= 4 is 62.3 Å². The number of amides is 2. The van der Waals surface area contributed by atoms with Crippen molar-refractivity contribution in [2.45, 2.75) is 44.7 Å². The van der Waals surface area contributed by atoms with Crippen molar-refractivity contribution in [1.82, 2.24) is 10.2 Å². The molecule has 0 saturated carbocycles. The van der Waals surface area contributed by atoms with Gasteiger partial charge < -0.3 is 10.2 Å². The van der Waals surface area contributed by atoms with E-state index in [4.69, 9.17) is 34.8 Å². The van der Waals surface area contributed by atoms with Crippen LogP contribution in [-0.4, -0.2) is 44.3 Å². The predicted molar refractivity (Wildman–Crippen MR) is 157 cm³/mol. The van der Waals surface area contributed by atoms with E-state index in [-0.39, 0.29) is 17.3 Å². The molecular formula is C28H30Cl3N3O4S. The number of hydrogen-bond acceptors (Lipinski definition) is 4. The molecule has 0 bridgehead atoms. The van der Waals surface area contributed by atoms with Gasteiger partial charge in [-0.1, -0.05) is 65.5 Å². The summed E-state index contributed by atoms with van der Waals surface area (Å²) < 4.78 is 28.6. The van der Waals surface area contributed by atoms with Crippen LogP contribution in [0.5, 0.6) is 0 Å². The molecular weight excluding hydrogens is 581 g/mol. The minimum atomic E-state index is -4.18. The molecule has 0 fully saturated rings. The monoisotopic (exact) mass is 609 g/mol. The highest BCUT2D eigenvalue weighted by Gasteiger charge is 2.32. The number of sulfonamides is 1. The standard InChI is InChI=1S/C28H30Cl3N3O4S/c1-4-15-32-28(36)20(3)33(17-21-7-8-23(30)16-26(21)31)27(35)18-34(24-11-5-19(2)6-12-24)39(37,38)25-13-9-22(29)10-14-25/h5-14,16,20H,4,15,17-18H2,1-3H3,(H,32,36)/t20-/m0/s1. The van der Waals surface area contributed by atoms with E-state index in [1.54, 1.807) is 49.4 Å². The zero-order valence-electron chi connectivity index (χ0n) is 21.8. The molecule has 0 saturated heterocycles. The van der Waals surface area contributed by atoms with Crippen molar-refractivity contribution < 1.29 is 18.0 Å². The molecule has 3 rings (SSSR count). The quantitative estimate of drug-likeness (QED) is 0.285.